The van der Waals surface area contributed by atoms with Gasteiger partial charge in [-0.2, -0.15) is 5.10 Å². The number of carbonyl (C=O) groups excluding carboxylic acids is 1. The van der Waals surface area contributed by atoms with E-state index >= 15 is 0 Å². The number of unbranched alkanes of at least 4 members (excludes halogenated alkanes) is 1. The van der Waals surface area contributed by atoms with Gasteiger partial charge >= 0.3 is 0 Å². The first-order valence-electron chi connectivity index (χ1n) is 11.7. The zero-order chi connectivity index (χ0) is 24.5. The molecule has 36 heavy (non-hydrogen) atoms. The number of H-pyrrole nitrogens is 2. The summed E-state index contributed by atoms with van der Waals surface area (Å²) >= 11 is 0. The fourth-order valence-corrected chi connectivity index (χ4v) is 4.11. The van der Waals surface area contributed by atoms with Crippen molar-refractivity contribution in [3.63, 3.8) is 0 Å². The second-order valence-electron chi connectivity index (χ2n) is 8.43. The van der Waals surface area contributed by atoms with E-state index in [9.17, 15) is 4.79 Å². The summed E-state index contributed by atoms with van der Waals surface area (Å²) in [6.07, 6.45) is 10.7. The van der Waals surface area contributed by atoms with E-state index in [2.05, 4.69) is 37.4 Å². The fourth-order valence-electron chi connectivity index (χ4n) is 4.11. The van der Waals surface area contributed by atoms with Gasteiger partial charge in [0, 0.05) is 35.5 Å². The van der Waals surface area contributed by atoms with Crippen molar-refractivity contribution in [1.29, 1.82) is 0 Å². The number of carbonyl (C=O) groups is 1. The van der Waals surface area contributed by atoms with E-state index in [1.165, 1.54) is 0 Å². The Hall–Kier alpha value is -4.86. The summed E-state index contributed by atoms with van der Waals surface area (Å²) in [5.74, 6) is 0.532. The van der Waals surface area contributed by atoms with Crippen LogP contribution in [0, 0.1) is 0 Å². The van der Waals surface area contributed by atoms with E-state index in [1.807, 2.05) is 30.3 Å². The third kappa shape index (κ3) is 3.98. The Morgan fingerprint density at radius 3 is 2.89 bits per heavy atom. The third-order valence-corrected chi connectivity index (χ3v) is 5.92. The highest BCUT2D eigenvalue weighted by atomic mass is 16.3. The molecule has 0 aliphatic rings. The molecule has 6 aromatic heterocycles. The van der Waals surface area contributed by atoms with Crippen molar-refractivity contribution in [2.75, 3.05) is 5.32 Å². The van der Waals surface area contributed by atoms with E-state index in [1.54, 1.807) is 31.1 Å². The second-order valence-corrected chi connectivity index (χ2v) is 8.43. The maximum atomic E-state index is 12.1. The van der Waals surface area contributed by atoms with Crippen molar-refractivity contribution in [2.24, 2.45) is 0 Å². The average molecular weight is 479 g/mol. The molecule has 1 amide bonds. The summed E-state index contributed by atoms with van der Waals surface area (Å²) in [7, 11) is 0. The maximum Gasteiger partial charge on any atom is 0.224 e. The van der Waals surface area contributed by atoms with Crippen molar-refractivity contribution < 1.29 is 9.21 Å². The summed E-state index contributed by atoms with van der Waals surface area (Å²) in [6, 6.07) is 9.46. The van der Waals surface area contributed by atoms with Gasteiger partial charge in [0.2, 0.25) is 5.91 Å². The molecular formula is C26H22N8O2. The van der Waals surface area contributed by atoms with Crippen molar-refractivity contribution in [3.05, 3.63) is 61.4 Å². The molecule has 6 rings (SSSR count). The Bertz CT molecular complexity index is 1680. The van der Waals surface area contributed by atoms with Gasteiger partial charge in [0.25, 0.3) is 0 Å². The maximum absolute atomic E-state index is 12.1. The van der Waals surface area contributed by atoms with E-state index < -0.39 is 0 Å². The number of nitrogens with one attached hydrogen (secondary N) is 3. The lowest BCUT2D eigenvalue weighted by molar-refractivity contribution is -0.116. The van der Waals surface area contributed by atoms with Crippen LogP contribution < -0.4 is 5.32 Å². The Kier molecular flexibility index (Phi) is 5.45. The molecule has 0 spiro atoms. The van der Waals surface area contributed by atoms with Gasteiger partial charge in [0.15, 0.2) is 17.2 Å². The van der Waals surface area contributed by atoms with E-state index in [0.717, 1.165) is 40.6 Å². The van der Waals surface area contributed by atoms with Crippen LogP contribution >= 0.6 is 0 Å². The number of rotatable bonds is 7. The molecule has 0 aliphatic heterocycles. The van der Waals surface area contributed by atoms with Crippen LogP contribution in [0.3, 0.4) is 0 Å². The predicted molar refractivity (Wildman–Crippen MR) is 136 cm³/mol. The normalized spacial score (nSPS) is 11.4. The number of aromatic amines is 2. The highest BCUT2D eigenvalue weighted by molar-refractivity contribution is 5.95. The minimum Gasteiger partial charge on any atom is -0.472 e. The quantitative estimate of drug-likeness (QED) is 0.281. The molecule has 0 radical (unpaired) electrons. The molecule has 0 unspecified atom stereocenters. The molecule has 0 aromatic carbocycles. The molecule has 0 aliphatic carbocycles. The molecular weight excluding hydrogens is 456 g/mol. The number of imidazole rings is 1. The van der Waals surface area contributed by atoms with Crippen LogP contribution in [-0.2, 0) is 4.79 Å². The van der Waals surface area contributed by atoms with Crippen LogP contribution in [-0.4, -0.2) is 41.0 Å². The minimum atomic E-state index is -0.0235. The molecule has 6 aromatic rings. The molecule has 3 N–H and O–H groups in total. The number of anilines is 1. The predicted octanol–water partition coefficient (Wildman–Crippen LogP) is 5.35. The standard InChI is InChI=1S/C26H22N8O2/c1-2-3-4-21(35)29-17-11-16(12-27-13-17)19-5-6-20-23(30-19)24(34-33-20)26-31-22-18(15-8-10-36-14-15)7-9-28-25(22)32-26/h5-14H,2-4H2,1H3,(H,29,35)(H,33,34)(H,28,31,32). The summed E-state index contributed by atoms with van der Waals surface area (Å²) in [5.41, 5.74) is 7.33. The number of pyridine rings is 3. The van der Waals surface area contributed by atoms with E-state index in [0.29, 0.717) is 40.5 Å². The molecule has 10 nitrogen and oxygen atoms in total. The highest BCUT2D eigenvalue weighted by Gasteiger charge is 2.18. The molecule has 0 bridgehead atoms. The van der Waals surface area contributed by atoms with E-state index in [4.69, 9.17) is 14.4 Å². The van der Waals surface area contributed by atoms with Gasteiger partial charge in [-0.1, -0.05) is 13.3 Å². The average Bonchev–Trinajstić information content (AvgIpc) is 3.66. The van der Waals surface area contributed by atoms with Crippen LogP contribution in [0.2, 0.25) is 0 Å². The van der Waals surface area contributed by atoms with Gasteiger partial charge in [-0.05, 0) is 36.8 Å². The lowest BCUT2D eigenvalue weighted by Gasteiger charge is -2.07. The van der Waals surface area contributed by atoms with Gasteiger partial charge in [-0.15, -0.1) is 0 Å². The van der Waals surface area contributed by atoms with Gasteiger partial charge < -0.3 is 14.7 Å². The van der Waals surface area contributed by atoms with Crippen molar-refractivity contribution in [3.8, 4) is 33.9 Å². The lowest BCUT2D eigenvalue weighted by Crippen LogP contribution is -2.11. The Balaban J connectivity index is 1.37. The minimum absolute atomic E-state index is 0.0235. The summed E-state index contributed by atoms with van der Waals surface area (Å²) in [4.78, 5) is 33.8. The Labute approximate surface area is 205 Å². The summed E-state index contributed by atoms with van der Waals surface area (Å²) < 4.78 is 5.24. The van der Waals surface area contributed by atoms with Crippen LogP contribution in [0.25, 0.3) is 56.1 Å². The number of hydrogen-bond acceptors (Lipinski definition) is 7. The molecule has 0 atom stereocenters. The molecule has 0 saturated carbocycles. The molecule has 178 valence electrons. The van der Waals surface area contributed by atoms with Gasteiger partial charge in [0.05, 0.1) is 35.6 Å². The number of aromatic nitrogens is 7. The highest BCUT2D eigenvalue weighted by Crippen LogP contribution is 2.31. The first-order chi connectivity index (χ1) is 17.7. The molecule has 0 saturated heterocycles. The van der Waals surface area contributed by atoms with Crippen molar-refractivity contribution in [2.45, 2.75) is 26.2 Å². The van der Waals surface area contributed by atoms with Crippen LogP contribution in [0.4, 0.5) is 5.69 Å². The van der Waals surface area contributed by atoms with Crippen molar-refractivity contribution in [1.82, 2.24) is 35.1 Å². The number of furan rings is 1. The number of amides is 1. The van der Waals surface area contributed by atoms with E-state index in [-0.39, 0.29) is 5.91 Å². The largest absolute Gasteiger partial charge is 0.472 e. The zero-order valence-electron chi connectivity index (χ0n) is 19.4. The lowest BCUT2D eigenvalue weighted by atomic mass is 10.1. The topological polar surface area (TPSA) is 138 Å². The molecule has 6 heterocycles. The fraction of sp³-hybridized carbons (Fsp3) is 0.154. The van der Waals surface area contributed by atoms with Crippen LogP contribution in [0.1, 0.15) is 26.2 Å². The molecule has 0 fully saturated rings. The molecule has 10 heteroatoms. The summed E-state index contributed by atoms with van der Waals surface area (Å²) in [6.45, 7) is 2.06. The van der Waals surface area contributed by atoms with Crippen LogP contribution in [0.5, 0.6) is 0 Å². The third-order valence-electron chi connectivity index (χ3n) is 5.92. The SMILES string of the molecule is CCCCC(=O)Nc1cncc(-c2ccc3[nH]nc(-c4nc5c(-c6ccoc6)ccnc5[nH]4)c3n2)c1. The van der Waals surface area contributed by atoms with Gasteiger partial charge in [-0.25, -0.2) is 15.0 Å². The number of nitrogens with zero attached hydrogens (tertiary/aromatic N) is 5. The number of hydrogen-bond donors (Lipinski definition) is 3. The zero-order valence-corrected chi connectivity index (χ0v) is 19.4. The Morgan fingerprint density at radius 1 is 1.08 bits per heavy atom. The smallest absolute Gasteiger partial charge is 0.224 e. The van der Waals surface area contributed by atoms with Gasteiger partial charge in [0.1, 0.15) is 11.0 Å². The first kappa shape index (κ1) is 21.7. The van der Waals surface area contributed by atoms with Gasteiger partial charge in [-0.3, -0.25) is 14.9 Å². The number of fused-ring (bicyclic) bond motifs is 2. The second kappa shape index (κ2) is 9.06. The Morgan fingerprint density at radius 2 is 2.03 bits per heavy atom. The summed E-state index contributed by atoms with van der Waals surface area (Å²) in [5, 5.41) is 10.4. The monoisotopic (exact) mass is 478 g/mol. The van der Waals surface area contributed by atoms with Crippen LogP contribution in [0.15, 0.2) is 65.9 Å². The van der Waals surface area contributed by atoms with Crippen molar-refractivity contribution >= 4 is 33.8 Å². The first-order valence-corrected chi connectivity index (χ1v) is 11.7.